The van der Waals surface area contributed by atoms with Crippen molar-refractivity contribution in [1.82, 2.24) is 13.3 Å². The summed E-state index contributed by atoms with van der Waals surface area (Å²) < 4.78 is 24.5. The number of imidazole rings is 1. The van der Waals surface area contributed by atoms with Gasteiger partial charge in [0.25, 0.3) is 0 Å². The SMILES string of the molecule is CN(C)S(=O)(=O)n1cncc1C(=O)O. The maximum atomic E-state index is 11.5. The Morgan fingerprint density at radius 2 is 2.14 bits per heavy atom. The molecule has 14 heavy (non-hydrogen) atoms. The fourth-order valence-corrected chi connectivity index (χ4v) is 1.69. The molecule has 0 bridgehead atoms. The van der Waals surface area contributed by atoms with Gasteiger partial charge in [0.1, 0.15) is 6.33 Å². The number of carbonyl (C=O) groups is 1. The highest BCUT2D eigenvalue weighted by Gasteiger charge is 2.22. The van der Waals surface area contributed by atoms with Crippen LogP contribution >= 0.6 is 0 Å². The van der Waals surface area contributed by atoms with E-state index >= 15 is 0 Å². The molecular formula is C6H9N3O4S. The molecule has 0 aliphatic carbocycles. The van der Waals surface area contributed by atoms with Gasteiger partial charge in [-0.2, -0.15) is 12.7 Å². The second-order valence-corrected chi connectivity index (χ2v) is 4.69. The highest BCUT2D eigenvalue weighted by atomic mass is 32.2. The predicted molar refractivity (Wildman–Crippen MR) is 47.2 cm³/mol. The van der Waals surface area contributed by atoms with Crippen molar-refractivity contribution in [3.8, 4) is 0 Å². The third kappa shape index (κ3) is 1.61. The molecule has 0 aliphatic heterocycles. The van der Waals surface area contributed by atoms with Crippen LogP contribution in [0.25, 0.3) is 0 Å². The van der Waals surface area contributed by atoms with Gasteiger partial charge < -0.3 is 5.11 Å². The molecule has 0 saturated carbocycles. The number of hydrogen-bond acceptors (Lipinski definition) is 4. The summed E-state index contributed by atoms with van der Waals surface area (Å²) in [5, 5.41) is 8.66. The minimum atomic E-state index is -3.80. The van der Waals surface area contributed by atoms with Crippen molar-refractivity contribution in [2.75, 3.05) is 14.1 Å². The Hall–Kier alpha value is -1.41. The average Bonchev–Trinajstić information content (AvgIpc) is 2.51. The Morgan fingerprint density at radius 1 is 1.57 bits per heavy atom. The molecule has 1 aromatic rings. The number of aromatic nitrogens is 2. The summed E-state index contributed by atoms with van der Waals surface area (Å²) in [6.07, 6.45) is 1.92. The quantitative estimate of drug-likeness (QED) is 0.721. The summed E-state index contributed by atoms with van der Waals surface area (Å²) in [7, 11) is -1.19. The van der Waals surface area contributed by atoms with Gasteiger partial charge in [-0.3, -0.25) is 0 Å². The van der Waals surface area contributed by atoms with E-state index < -0.39 is 21.9 Å². The molecule has 0 radical (unpaired) electrons. The Labute approximate surface area is 80.8 Å². The molecule has 8 heteroatoms. The summed E-state index contributed by atoms with van der Waals surface area (Å²) in [5.74, 6) is -1.34. The molecule has 7 nitrogen and oxygen atoms in total. The first-order valence-electron chi connectivity index (χ1n) is 3.56. The van der Waals surface area contributed by atoms with Crippen LogP contribution < -0.4 is 0 Å². The number of rotatable bonds is 3. The van der Waals surface area contributed by atoms with E-state index in [9.17, 15) is 13.2 Å². The molecule has 0 amide bonds. The normalized spacial score (nSPS) is 11.9. The lowest BCUT2D eigenvalue weighted by molar-refractivity contribution is 0.0689. The highest BCUT2D eigenvalue weighted by molar-refractivity contribution is 7.87. The van der Waals surface area contributed by atoms with Crippen LogP contribution in [0.3, 0.4) is 0 Å². The van der Waals surface area contributed by atoms with E-state index in [1.54, 1.807) is 0 Å². The molecule has 0 saturated heterocycles. The number of carboxylic acid groups (broad SMARTS) is 1. The van der Waals surface area contributed by atoms with Gasteiger partial charge in [-0.1, -0.05) is 0 Å². The molecule has 0 atom stereocenters. The molecule has 0 unspecified atom stereocenters. The predicted octanol–water partition coefficient (Wildman–Crippen LogP) is -0.764. The average molecular weight is 219 g/mol. The van der Waals surface area contributed by atoms with Crippen LogP contribution in [0, 0.1) is 0 Å². The molecular weight excluding hydrogens is 210 g/mol. The van der Waals surface area contributed by atoms with E-state index in [4.69, 9.17) is 5.11 Å². The van der Waals surface area contributed by atoms with Gasteiger partial charge in [0, 0.05) is 14.1 Å². The Bertz CT molecular complexity index is 447. The monoisotopic (exact) mass is 219 g/mol. The third-order valence-corrected chi connectivity index (χ3v) is 3.25. The molecule has 0 aliphatic rings. The van der Waals surface area contributed by atoms with E-state index in [-0.39, 0.29) is 0 Å². The number of carboxylic acids is 1. The second kappa shape index (κ2) is 3.39. The second-order valence-electron chi connectivity index (χ2n) is 2.67. The summed E-state index contributed by atoms with van der Waals surface area (Å²) in [5.41, 5.74) is -0.390. The van der Waals surface area contributed by atoms with Crippen LogP contribution in [0.4, 0.5) is 0 Å². The first-order valence-corrected chi connectivity index (χ1v) is 4.95. The number of nitrogens with zero attached hydrogens (tertiary/aromatic N) is 3. The zero-order valence-corrected chi connectivity index (χ0v) is 8.39. The molecule has 1 N–H and O–H groups in total. The number of hydrogen-bond donors (Lipinski definition) is 1. The van der Waals surface area contributed by atoms with Crippen molar-refractivity contribution in [3.05, 3.63) is 18.2 Å². The van der Waals surface area contributed by atoms with E-state index in [0.717, 1.165) is 16.8 Å². The van der Waals surface area contributed by atoms with Crippen molar-refractivity contribution in [2.24, 2.45) is 0 Å². The standard InChI is InChI=1S/C6H9N3O4S/c1-8(2)14(12,13)9-4-7-3-5(9)6(10)11/h3-4H,1-2H3,(H,10,11). The van der Waals surface area contributed by atoms with Gasteiger partial charge in [-0.05, 0) is 0 Å². The van der Waals surface area contributed by atoms with Crippen LogP contribution in [0.15, 0.2) is 12.5 Å². The van der Waals surface area contributed by atoms with Gasteiger partial charge in [-0.15, -0.1) is 0 Å². The van der Waals surface area contributed by atoms with Gasteiger partial charge in [-0.25, -0.2) is 13.8 Å². The third-order valence-electron chi connectivity index (χ3n) is 1.53. The summed E-state index contributed by atoms with van der Waals surface area (Å²) in [6.45, 7) is 0. The highest BCUT2D eigenvalue weighted by Crippen LogP contribution is 2.06. The molecule has 1 heterocycles. The topological polar surface area (TPSA) is 92.5 Å². The lowest BCUT2D eigenvalue weighted by Crippen LogP contribution is -2.30. The van der Waals surface area contributed by atoms with Crippen LogP contribution in [-0.2, 0) is 10.2 Å². The smallest absolute Gasteiger partial charge is 0.355 e. The summed E-state index contributed by atoms with van der Waals surface area (Å²) >= 11 is 0. The molecule has 78 valence electrons. The fourth-order valence-electron chi connectivity index (χ4n) is 0.793. The Morgan fingerprint density at radius 3 is 2.57 bits per heavy atom. The minimum Gasteiger partial charge on any atom is -0.476 e. The zero-order valence-electron chi connectivity index (χ0n) is 7.58. The fraction of sp³-hybridized carbons (Fsp3) is 0.333. The van der Waals surface area contributed by atoms with Crippen LogP contribution in [0.2, 0.25) is 0 Å². The Balaban J connectivity index is 3.34. The van der Waals surface area contributed by atoms with Crippen molar-refractivity contribution in [3.63, 3.8) is 0 Å². The first-order chi connectivity index (χ1) is 6.37. The van der Waals surface area contributed by atoms with Gasteiger partial charge in [0.2, 0.25) is 0 Å². The molecule has 0 spiro atoms. The molecule has 1 aromatic heterocycles. The van der Waals surface area contributed by atoms with Crippen LogP contribution in [0.1, 0.15) is 10.5 Å². The maximum absolute atomic E-state index is 11.5. The van der Waals surface area contributed by atoms with Gasteiger partial charge >= 0.3 is 16.2 Å². The first kappa shape index (κ1) is 10.7. The van der Waals surface area contributed by atoms with E-state index in [1.165, 1.54) is 14.1 Å². The number of aromatic carboxylic acids is 1. The molecule has 1 rings (SSSR count). The lowest BCUT2D eigenvalue weighted by Gasteiger charge is -2.12. The van der Waals surface area contributed by atoms with Crippen LogP contribution in [0.5, 0.6) is 0 Å². The largest absolute Gasteiger partial charge is 0.476 e. The maximum Gasteiger partial charge on any atom is 0.355 e. The van der Waals surface area contributed by atoms with Crippen molar-refractivity contribution >= 4 is 16.2 Å². The lowest BCUT2D eigenvalue weighted by atomic mass is 10.5. The summed E-state index contributed by atoms with van der Waals surface area (Å²) in [6, 6.07) is 0. The van der Waals surface area contributed by atoms with Crippen molar-refractivity contribution in [2.45, 2.75) is 0 Å². The van der Waals surface area contributed by atoms with E-state index in [0.29, 0.717) is 3.97 Å². The molecule has 0 aromatic carbocycles. The van der Waals surface area contributed by atoms with Gasteiger partial charge in [0.15, 0.2) is 5.69 Å². The molecule has 0 fully saturated rings. The van der Waals surface area contributed by atoms with Crippen LogP contribution in [-0.4, -0.2) is 46.9 Å². The zero-order chi connectivity index (χ0) is 10.9. The van der Waals surface area contributed by atoms with Gasteiger partial charge in [0.05, 0.1) is 6.20 Å². The summed E-state index contributed by atoms with van der Waals surface area (Å²) in [4.78, 5) is 14.1. The minimum absolute atomic E-state index is 0.390. The van der Waals surface area contributed by atoms with Crippen molar-refractivity contribution in [1.29, 1.82) is 0 Å². The van der Waals surface area contributed by atoms with E-state index in [2.05, 4.69) is 4.98 Å². The van der Waals surface area contributed by atoms with E-state index in [1.807, 2.05) is 0 Å². The van der Waals surface area contributed by atoms with Crippen molar-refractivity contribution < 1.29 is 18.3 Å². The Kier molecular flexibility index (Phi) is 2.58.